The van der Waals surface area contributed by atoms with Crippen molar-refractivity contribution in [2.45, 2.75) is 52.4 Å². The summed E-state index contributed by atoms with van der Waals surface area (Å²) in [5.41, 5.74) is 15.5. The molecule has 2 aliphatic heterocycles. The Morgan fingerprint density at radius 1 is 0.419 bits per heavy atom. The topological polar surface area (TPSA) is 46.6 Å². The van der Waals surface area contributed by atoms with Crippen LogP contribution in [0.3, 0.4) is 0 Å². The van der Waals surface area contributed by atoms with Crippen molar-refractivity contribution in [1.29, 1.82) is 0 Å². The van der Waals surface area contributed by atoms with Gasteiger partial charge in [0, 0.05) is 39.8 Å². The minimum atomic E-state index is -0.187. The zero-order valence-corrected chi connectivity index (χ0v) is 37.4. The van der Waals surface area contributed by atoms with Gasteiger partial charge in [0.25, 0.3) is 6.71 Å². The lowest BCUT2D eigenvalue weighted by Crippen LogP contribution is -2.61. The molecule has 7 aromatic rings. The Morgan fingerprint density at radius 2 is 0.806 bits per heavy atom. The lowest BCUT2D eigenvalue weighted by atomic mass is 9.33. The standard InChI is InChI=1S/C54H54BN3O4/c1-53(2,3)35-11-15-37(16-12-35)56(38-17-13-36(14-18-38)54(4,5)6)50-32-31-49-51-52(50)58(40-21-25-42(60-8)26-22-40)48-30-28-44(62-10)34-46(48)55(51)45-33-43(61-9)27-29-47(45)57(49)39-19-23-41(59-7)24-20-39/h11-34H,1-10H3. The summed E-state index contributed by atoms with van der Waals surface area (Å²) in [6, 6.07) is 52.4. The normalized spacial score (nSPS) is 12.9. The molecule has 0 aromatic heterocycles. The molecule has 0 amide bonds. The second-order valence-electron chi connectivity index (χ2n) is 18.1. The molecule has 0 atom stereocenters. The molecule has 0 unspecified atom stereocenters. The van der Waals surface area contributed by atoms with Crippen LogP contribution in [0.5, 0.6) is 23.0 Å². The van der Waals surface area contributed by atoms with Crippen LogP contribution in [0.1, 0.15) is 52.7 Å². The van der Waals surface area contributed by atoms with Crippen molar-refractivity contribution in [1.82, 2.24) is 0 Å². The van der Waals surface area contributed by atoms with Gasteiger partial charge in [-0.2, -0.15) is 0 Å². The predicted molar refractivity (Wildman–Crippen MR) is 259 cm³/mol. The van der Waals surface area contributed by atoms with E-state index in [1.165, 1.54) is 16.6 Å². The Bertz CT molecular complexity index is 2680. The summed E-state index contributed by atoms with van der Waals surface area (Å²) in [4.78, 5) is 7.23. The van der Waals surface area contributed by atoms with Crippen molar-refractivity contribution in [3.8, 4) is 23.0 Å². The van der Waals surface area contributed by atoms with Gasteiger partial charge in [0.2, 0.25) is 0 Å². The van der Waals surface area contributed by atoms with Gasteiger partial charge in [0.15, 0.2) is 0 Å². The van der Waals surface area contributed by atoms with Crippen LogP contribution in [0, 0.1) is 0 Å². The van der Waals surface area contributed by atoms with E-state index in [-0.39, 0.29) is 17.5 Å². The maximum atomic E-state index is 5.98. The summed E-state index contributed by atoms with van der Waals surface area (Å²) < 4.78 is 23.3. The average Bonchev–Trinajstić information content (AvgIpc) is 3.29. The highest BCUT2D eigenvalue weighted by Gasteiger charge is 2.45. The summed E-state index contributed by atoms with van der Waals surface area (Å²) in [5, 5.41) is 0. The highest BCUT2D eigenvalue weighted by Crippen LogP contribution is 2.51. The Balaban J connectivity index is 1.41. The second-order valence-corrected chi connectivity index (χ2v) is 18.1. The molecule has 2 aliphatic rings. The molecule has 2 heterocycles. The first-order valence-electron chi connectivity index (χ1n) is 21.3. The molecule has 7 aromatic carbocycles. The number of methoxy groups -OCH3 is 4. The molecular weight excluding hydrogens is 765 g/mol. The third-order valence-corrected chi connectivity index (χ3v) is 12.4. The first-order chi connectivity index (χ1) is 29.8. The number of hydrogen-bond acceptors (Lipinski definition) is 7. The molecule has 312 valence electrons. The molecule has 0 fully saturated rings. The van der Waals surface area contributed by atoms with Gasteiger partial charge in [-0.05, 0) is 160 Å². The molecule has 8 heteroatoms. The monoisotopic (exact) mass is 819 g/mol. The molecule has 9 rings (SSSR count). The second kappa shape index (κ2) is 15.6. The zero-order valence-electron chi connectivity index (χ0n) is 37.4. The minimum absolute atomic E-state index is 0.00194. The largest absolute Gasteiger partial charge is 0.497 e. The molecule has 0 bridgehead atoms. The van der Waals surface area contributed by atoms with E-state index in [1.807, 2.05) is 24.3 Å². The molecule has 0 spiro atoms. The summed E-state index contributed by atoms with van der Waals surface area (Å²) >= 11 is 0. The van der Waals surface area contributed by atoms with Crippen molar-refractivity contribution in [3.63, 3.8) is 0 Å². The number of nitrogens with zero attached hydrogens (tertiary/aromatic N) is 3. The van der Waals surface area contributed by atoms with E-state index in [9.17, 15) is 0 Å². The van der Waals surface area contributed by atoms with Gasteiger partial charge >= 0.3 is 0 Å². The number of hydrogen-bond donors (Lipinski definition) is 0. The highest BCUT2D eigenvalue weighted by molar-refractivity contribution is 7.00. The Labute approximate surface area is 367 Å². The van der Waals surface area contributed by atoms with Crippen LogP contribution in [-0.4, -0.2) is 35.2 Å². The van der Waals surface area contributed by atoms with Crippen LogP contribution in [-0.2, 0) is 10.8 Å². The quantitative estimate of drug-likeness (QED) is 0.134. The predicted octanol–water partition coefficient (Wildman–Crippen LogP) is 11.9. The van der Waals surface area contributed by atoms with Crippen molar-refractivity contribution in [3.05, 3.63) is 157 Å². The summed E-state index contributed by atoms with van der Waals surface area (Å²) in [6.45, 7) is 13.4. The Kier molecular flexibility index (Phi) is 10.2. The van der Waals surface area contributed by atoms with Crippen LogP contribution >= 0.6 is 0 Å². The van der Waals surface area contributed by atoms with E-state index in [1.54, 1.807) is 28.4 Å². The van der Waals surface area contributed by atoms with Gasteiger partial charge in [-0.3, -0.25) is 0 Å². The van der Waals surface area contributed by atoms with Gasteiger partial charge in [-0.1, -0.05) is 65.8 Å². The smallest absolute Gasteiger partial charge is 0.252 e. The number of anilines is 9. The van der Waals surface area contributed by atoms with Gasteiger partial charge in [-0.15, -0.1) is 0 Å². The van der Waals surface area contributed by atoms with Gasteiger partial charge < -0.3 is 33.6 Å². The van der Waals surface area contributed by atoms with Crippen molar-refractivity contribution < 1.29 is 18.9 Å². The summed E-state index contributed by atoms with van der Waals surface area (Å²) in [6.07, 6.45) is 0. The Morgan fingerprint density at radius 3 is 1.23 bits per heavy atom. The molecule has 62 heavy (non-hydrogen) atoms. The van der Waals surface area contributed by atoms with E-state index in [0.29, 0.717) is 0 Å². The summed E-state index contributed by atoms with van der Waals surface area (Å²) in [5.74, 6) is 3.18. The number of fused-ring (bicyclic) bond motifs is 4. The van der Waals surface area contributed by atoms with E-state index in [2.05, 4.69) is 178 Å². The van der Waals surface area contributed by atoms with E-state index >= 15 is 0 Å². The number of rotatable bonds is 9. The van der Waals surface area contributed by atoms with Crippen molar-refractivity contribution >= 4 is 74.3 Å². The number of benzene rings is 7. The van der Waals surface area contributed by atoms with Crippen LogP contribution < -0.4 is 50.0 Å². The molecule has 0 saturated carbocycles. The van der Waals surface area contributed by atoms with E-state index < -0.39 is 0 Å². The molecular formula is C54H54BN3O4. The lowest BCUT2D eigenvalue weighted by molar-refractivity contribution is 0.414. The average molecular weight is 820 g/mol. The third-order valence-electron chi connectivity index (χ3n) is 12.4. The highest BCUT2D eigenvalue weighted by atomic mass is 16.5. The van der Waals surface area contributed by atoms with Crippen LogP contribution in [0.2, 0.25) is 0 Å². The number of ether oxygens (including phenoxy) is 4. The lowest BCUT2D eigenvalue weighted by Gasteiger charge is -2.46. The van der Waals surface area contributed by atoms with Gasteiger partial charge in [-0.25, -0.2) is 0 Å². The van der Waals surface area contributed by atoms with Crippen LogP contribution in [0.15, 0.2) is 146 Å². The first-order valence-corrected chi connectivity index (χ1v) is 21.3. The zero-order chi connectivity index (χ0) is 43.5. The minimum Gasteiger partial charge on any atom is -0.497 e. The van der Waals surface area contributed by atoms with Crippen molar-refractivity contribution in [2.24, 2.45) is 0 Å². The van der Waals surface area contributed by atoms with Gasteiger partial charge in [0.1, 0.15) is 23.0 Å². The van der Waals surface area contributed by atoms with Crippen molar-refractivity contribution in [2.75, 3.05) is 43.1 Å². The third kappa shape index (κ3) is 6.97. The maximum absolute atomic E-state index is 5.98. The molecule has 0 saturated heterocycles. The maximum Gasteiger partial charge on any atom is 0.252 e. The molecule has 0 N–H and O–H groups in total. The Hall–Kier alpha value is -6.80. The van der Waals surface area contributed by atoms with Crippen LogP contribution in [0.4, 0.5) is 51.2 Å². The fourth-order valence-corrected chi connectivity index (χ4v) is 9.06. The van der Waals surface area contributed by atoms with Crippen LogP contribution in [0.25, 0.3) is 0 Å². The summed E-state index contributed by atoms with van der Waals surface area (Å²) in [7, 11) is 6.89. The molecule has 7 nitrogen and oxygen atoms in total. The van der Waals surface area contributed by atoms with E-state index in [4.69, 9.17) is 18.9 Å². The van der Waals surface area contributed by atoms with E-state index in [0.717, 1.165) is 85.1 Å². The fraction of sp³-hybridized carbons (Fsp3) is 0.222. The van der Waals surface area contributed by atoms with Gasteiger partial charge in [0.05, 0.1) is 39.8 Å². The fourth-order valence-electron chi connectivity index (χ4n) is 9.06. The first kappa shape index (κ1) is 40.6. The molecule has 0 radical (unpaired) electrons. The SMILES string of the molecule is COc1ccc(N2c3ccc(OC)cc3B3c4cc(OC)ccc4N(c4ccc(OC)cc4)c4c(N(c5ccc(C(C)(C)C)cc5)c5ccc(C(C)(C)C)cc5)ccc2c43)cc1. The molecule has 0 aliphatic carbocycles.